The zero-order valence-corrected chi connectivity index (χ0v) is 12.7. The molecule has 1 aromatic rings. The second-order valence-corrected chi connectivity index (χ2v) is 6.19. The largest absolute Gasteiger partial charge is 0.481 e. The van der Waals surface area contributed by atoms with Crippen molar-refractivity contribution in [2.24, 2.45) is 5.92 Å². The van der Waals surface area contributed by atoms with Crippen LogP contribution in [0.2, 0.25) is 0 Å². The number of hydrogen-bond acceptors (Lipinski definition) is 3. The van der Waals surface area contributed by atoms with E-state index < -0.39 is 5.97 Å². The van der Waals surface area contributed by atoms with E-state index >= 15 is 0 Å². The molecular formula is C17H22N2O3. The molecule has 3 rings (SSSR count). The Hall–Kier alpha value is -1.88. The van der Waals surface area contributed by atoms with E-state index in [1.165, 1.54) is 5.56 Å². The van der Waals surface area contributed by atoms with Crippen LogP contribution >= 0.6 is 0 Å². The molecule has 5 heteroatoms. The number of carboxylic acid groups (broad SMARTS) is 1. The normalized spacial score (nSPS) is 22.2. The van der Waals surface area contributed by atoms with Crippen LogP contribution in [0.1, 0.15) is 24.8 Å². The summed E-state index contributed by atoms with van der Waals surface area (Å²) in [6.07, 6.45) is 3.57. The van der Waals surface area contributed by atoms with Gasteiger partial charge in [0.05, 0.1) is 12.5 Å². The van der Waals surface area contributed by atoms with Crippen molar-refractivity contribution in [1.82, 2.24) is 4.90 Å². The standard InChI is InChI=1S/C17H22N2O3/c20-16(12-18-9-3-7-14(11-18)17(21)22)19-10-4-6-13-5-1-2-8-15(13)19/h1-2,5,8,14H,3-4,6-7,9-12H2,(H,21,22). The maximum atomic E-state index is 12.6. The number of aryl methyl sites for hydroxylation is 1. The fourth-order valence-corrected chi connectivity index (χ4v) is 3.47. The van der Waals surface area contributed by atoms with E-state index in [0.29, 0.717) is 19.5 Å². The molecule has 1 atom stereocenters. The molecule has 0 bridgehead atoms. The van der Waals surface area contributed by atoms with Crippen LogP contribution in [0.4, 0.5) is 5.69 Å². The molecule has 1 aromatic carbocycles. The van der Waals surface area contributed by atoms with E-state index in [9.17, 15) is 9.59 Å². The summed E-state index contributed by atoms with van der Waals surface area (Å²) in [6, 6.07) is 8.06. The first-order valence-electron chi connectivity index (χ1n) is 7.98. The first-order chi connectivity index (χ1) is 10.6. The molecule has 1 N–H and O–H groups in total. The number of carboxylic acids is 1. The van der Waals surface area contributed by atoms with E-state index in [1.807, 2.05) is 28.0 Å². The molecule has 1 fully saturated rings. The number of carbonyl (C=O) groups excluding carboxylic acids is 1. The van der Waals surface area contributed by atoms with Gasteiger partial charge in [-0.1, -0.05) is 18.2 Å². The molecule has 1 amide bonds. The summed E-state index contributed by atoms with van der Waals surface area (Å²) in [5, 5.41) is 9.15. The molecule has 1 unspecified atom stereocenters. The van der Waals surface area contributed by atoms with E-state index in [-0.39, 0.29) is 11.8 Å². The van der Waals surface area contributed by atoms with Crippen molar-refractivity contribution in [3.05, 3.63) is 29.8 Å². The summed E-state index contributed by atoms with van der Waals surface area (Å²) in [6.45, 7) is 2.37. The lowest BCUT2D eigenvalue weighted by molar-refractivity contribution is -0.144. The highest BCUT2D eigenvalue weighted by molar-refractivity contribution is 5.96. The van der Waals surface area contributed by atoms with E-state index in [2.05, 4.69) is 6.07 Å². The fourth-order valence-electron chi connectivity index (χ4n) is 3.47. The molecular weight excluding hydrogens is 280 g/mol. The number of likely N-dealkylation sites (tertiary alicyclic amines) is 1. The Morgan fingerprint density at radius 3 is 2.82 bits per heavy atom. The topological polar surface area (TPSA) is 60.9 Å². The molecule has 0 radical (unpaired) electrons. The van der Waals surface area contributed by atoms with Crippen molar-refractivity contribution in [3.63, 3.8) is 0 Å². The molecule has 0 saturated carbocycles. The highest BCUT2D eigenvalue weighted by Crippen LogP contribution is 2.27. The molecule has 5 nitrogen and oxygen atoms in total. The number of hydrogen-bond donors (Lipinski definition) is 1. The minimum absolute atomic E-state index is 0.0817. The Balaban J connectivity index is 1.67. The zero-order chi connectivity index (χ0) is 15.5. The minimum atomic E-state index is -0.750. The van der Waals surface area contributed by atoms with Gasteiger partial charge in [-0.25, -0.2) is 0 Å². The van der Waals surface area contributed by atoms with Gasteiger partial charge in [0, 0.05) is 18.8 Å². The van der Waals surface area contributed by atoms with Crippen LogP contribution < -0.4 is 4.90 Å². The Kier molecular flexibility index (Phi) is 4.43. The van der Waals surface area contributed by atoms with Gasteiger partial charge in [0.15, 0.2) is 0 Å². The third-order valence-electron chi connectivity index (χ3n) is 4.62. The molecule has 22 heavy (non-hydrogen) atoms. The number of rotatable bonds is 3. The van der Waals surface area contributed by atoms with Gasteiger partial charge >= 0.3 is 5.97 Å². The Morgan fingerprint density at radius 2 is 2.00 bits per heavy atom. The van der Waals surface area contributed by atoms with Crippen LogP contribution in [0.5, 0.6) is 0 Å². The number of anilines is 1. The highest BCUT2D eigenvalue weighted by atomic mass is 16.4. The predicted molar refractivity (Wildman–Crippen MR) is 83.9 cm³/mol. The van der Waals surface area contributed by atoms with E-state index in [0.717, 1.165) is 38.0 Å². The van der Waals surface area contributed by atoms with Crippen molar-refractivity contribution < 1.29 is 14.7 Å². The number of fused-ring (bicyclic) bond motifs is 1. The number of benzene rings is 1. The summed E-state index contributed by atoms with van der Waals surface area (Å²) in [5.74, 6) is -1.01. The monoisotopic (exact) mass is 302 g/mol. The van der Waals surface area contributed by atoms with Crippen LogP contribution in [-0.4, -0.2) is 48.1 Å². The molecule has 0 spiro atoms. The molecule has 2 heterocycles. The first-order valence-corrected chi connectivity index (χ1v) is 7.98. The smallest absolute Gasteiger partial charge is 0.307 e. The second-order valence-electron chi connectivity index (χ2n) is 6.19. The van der Waals surface area contributed by atoms with Crippen molar-refractivity contribution in [3.8, 4) is 0 Å². The molecule has 2 aliphatic rings. The number of nitrogens with zero attached hydrogens (tertiary/aromatic N) is 2. The molecule has 2 aliphatic heterocycles. The van der Waals surface area contributed by atoms with Crippen LogP contribution in [0.15, 0.2) is 24.3 Å². The van der Waals surface area contributed by atoms with Gasteiger partial charge in [-0.3, -0.25) is 14.5 Å². The molecule has 1 saturated heterocycles. The SMILES string of the molecule is O=C(O)C1CCCN(CC(=O)N2CCCc3ccccc32)C1. The number of aliphatic carboxylic acids is 1. The van der Waals surface area contributed by atoms with Crippen LogP contribution in [0.3, 0.4) is 0 Å². The van der Waals surface area contributed by atoms with Crippen LogP contribution in [-0.2, 0) is 16.0 Å². The lowest BCUT2D eigenvalue weighted by Gasteiger charge is -2.34. The van der Waals surface area contributed by atoms with Crippen molar-refractivity contribution in [2.45, 2.75) is 25.7 Å². The summed E-state index contributed by atoms with van der Waals surface area (Å²) in [4.78, 5) is 27.6. The van der Waals surface area contributed by atoms with Crippen LogP contribution in [0, 0.1) is 5.92 Å². The summed E-state index contributed by atoms with van der Waals surface area (Å²) in [5.41, 5.74) is 2.25. The number of para-hydroxylation sites is 1. The van der Waals surface area contributed by atoms with Gasteiger partial charge in [0.2, 0.25) is 5.91 Å². The fraction of sp³-hybridized carbons (Fsp3) is 0.529. The maximum Gasteiger partial charge on any atom is 0.307 e. The van der Waals surface area contributed by atoms with E-state index in [1.54, 1.807) is 0 Å². The van der Waals surface area contributed by atoms with E-state index in [4.69, 9.17) is 5.11 Å². The van der Waals surface area contributed by atoms with Crippen molar-refractivity contribution >= 4 is 17.6 Å². The third-order valence-corrected chi connectivity index (χ3v) is 4.62. The van der Waals surface area contributed by atoms with Gasteiger partial charge in [-0.05, 0) is 43.9 Å². The second kappa shape index (κ2) is 6.48. The first kappa shape index (κ1) is 15.0. The summed E-state index contributed by atoms with van der Waals surface area (Å²) < 4.78 is 0. The molecule has 0 aliphatic carbocycles. The minimum Gasteiger partial charge on any atom is -0.481 e. The van der Waals surface area contributed by atoms with Crippen LogP contribution in [0.25, 0.3) is 0 Å². The lowest BCUT2D eigenvalue weighted by Crippen LogP contribution is -2.46. The average Bonchev–Trinajstić information content (AvgIpc) is 2.54. The predicted octanol–water partition coefficient (Wildman–Crippen LogP) is 1.76. The van der Waals surface area contributed by atoms with Gasteiger partial charge < -0.3 is 10.0 Å². The number of piperidine rings is 1. The maximum absolute atomic E-state index is 12.6. The third kappa shape index (κ3) is 3.14. The number of carbonyl (C=O) groups is 2. The lowest BCUT2D eigenvalue weighted by atomic mass is 9.98. The van der Waals surface area contributed by atoms with Crippen molar-refractivity contribution in [2.75, 3.05) is 31.1 Å². The Labute approximate surface area is 130 Å². The quantitative estimate of drug-likeness (QED) is 0.924. The van der Waals surface area contributed by atoms with Gasteiger partial charge in [-0.2, -0.15) is 0 Å². The highest BCUT2D eigenvalue weighted by Gasteiger charge is 2.29. The molecule has 118 valence electrons. The summed E-state index contributed by atoms with van der Waals surface area (Å²) in [7, 11) is 0. The molecule has 0 aromatic heterocycles. The number of amides is 1. The zero-order valence-electron chi connectivity index (χ0n) is 12.7. The Bertz CT molecular complexity index is 573. The Morgan fingerprint density at radius 1 is 1.18 bits per heavy atom. The van der Waals surface area contributed by atoms with Gasteiger partial charge in [0.25, 0.3) is 0 Å². The van der Waals surface area contributed by atoms with Gasteiger partial charge in [-0.15, -0.1) is 0 Å². The van der Waals surface area contributed by atoms with Gasteiger partial charge in [0.1, 0.15) is 0 Å². The van der Waals surface area contributed by atoms with Crippen molar-refractivity contribution in [1.29, 1.82) is 0 Å². The average molecular weight is 302 g/mol. The summed E-state index contributed by atoms with van der Waals surface area (Å²) >= 11 is 0.